The number of pyridine rings is 2. The van der Waals surface area contributed by atoms with Gasteiger partial charge in [-0.25, -0.2) is 9.38 Å². The highest BCUT2D eigenvalue weighted by Crippen LogP contribution is 2.20. The molecule has 5 heteroatoms. The van der Waals surface area contributed by atoms with E-state index in [1.54, 1.807) is 18.2 Å². The summed E-state index contributed by atoms with van der Waals surface area (Å²) in [6.45, 7) is 0. The lowest BCUT2D eigenvalue weighted by Crippen LogP contribution is -2.18. The molecule has 1 N–H and O–H groups in total. The third-order valence-electron chi connectivity index (χ3n) is 4.77. The minimum Gasteiger partial charge on any atom is -0.340 e. The van der Waals surface area contributed by atoms with Crippen molar-refractivity contribution in [3.63, 3.8) is 0 Å². The zero-order valence-electron chi connectivity index (χ0n) is 14.8. The molecule has 0 fully saturated rings. The Morgan fingerprint density at radius 1 is 0.750 bits per heavy atom. The Balaban J connectivity index is 1.83. The van der Waals surface area contributed by atoms with Gasteiger partial charge in [-0.1, -0.05) is 60.7 Å². The third kappa shape index (κ3) is 2.61. The Kier molecular flexibility index (Phi) is 3.66. The summed E-state index contributed by atoms with van der Waals surface area (Å²) in [6.07, 6.45) is 0. The van der Waals surface area contributed by atoms with Crippen molar-refractivity contribution in [2.75, 3.05) is 0 Å². The van der Waals surface area contributed by atoms with E-state index in [0.29, 0.717) is 28.1 Å². The van der Waals surface area contributed by atoms with Gasteiger partial charge in [0.05, 0.1) is 16.8 Å². The predicted molar refractivity (Wildman–Crippen MR) is 110 cm³/mol. The first-order chi connectivity index (χ1) is 13.7. The van der Waals surface area contributed by atoms with Crippen molar-refractivity contribution >= 4 is 16.7 Å². The number of fused-ring (bicyclic) bond motifs is 3. The summed E-state index contributed by atoms with van der Waals surface area (Å²) in [7, 11) is 0. The maximum absolute atomic E-state index is 12.9. The van der Waals surface area contributed by atoms with Gasteiger partial charge in [-0.15, -0.1) is 0 Å². The van der Waals surface area contributed by atoms with E-state index >= 15 is 0 Å². The monoisotopic (exact) mass is 365 g/mol. The van der Waals surface area contributed by atoms with Gasteiger partial charge in [0.1, 0.15) is 11.3 Å². The average Bonchev–Trinajstić information content (AvgIpc) is 2.74. The fraction of sp³-hybridized carbons (Fsp3) is 0. The third-order valence-corrected chi connectivity index (χ3v) is 4.77. The van der Waals surface area contributed by atoms with Crippen LogP contribution in [-0.2, 0) is 0 Å². The van der Waals surface area contributed by atoms with Gasteiger partial charge in [0.2, 0.25) is 0 Å². The molecule has 0 aliphatic carbocycles. The predicted octanol–water partition coefficient (Wildman–Crippen LogP) is 3.87. The lowest BCUT2D eigenvalue weighted by Gasteiger charge is -2.09. The molecule has 5 rings (SSSR count). The molecule has 0 radical (unpaired) electrons. The highest BCUT2D eigenvalue weighted by Gasteiger charge is 2.11. The van der Waals surface area contributed by atoms with Crippen molar-refractivity contribution in [3.05, 3.63) is 106 Å². The highest BCUT2D eigenvalue weighted by molar-refractivity contribution is 5.81. The molecule has 0 amide bonds. The molecule has 134 valence electrons. The topological polar surface area (TPSA) is 67.2 Å². The molecule has 0 unspecified atom stereocenters. The van der Waals surface area contributed by atoms with Crippen LogP contribution >= 0.6 is 0 Å². The first kappa shape index (κ1) is 16.2. The Morgan fingerprint density at radius 3 is 2.14 bits per heavy atom. The quantitative estimate of drug-likeness (QED) is 0.483. The SMILES string of the molecule is O=c1cc(-c2ccccc2)[nH]c2c1ccc1nc(-c3ccccc3)cc(=O)n12. The summed E-state index contributed by atoms with van der Waals surface area (Å²) in [4.78, 5) is 33.5. The van der Waals surface area contributed by atoms with E-state index < -0.39 is 0 Å². The summed E-state index contributed by atoms with van der Waals surface area (Å²) in [5, 5.41) is 0.448. The van der Waals surface area contributed by atoms with E-state index in [1.807, 2.05) is 60.7 Å². The van der Waals surface area contributed by atoms with E-state index in [2.05, 4.69) is 9.97 Å². The average molecular weight is 365 g/mol. The Hall–Kier alpha value is -3.99. The van der Waals surface area contributed by atoms with E-state index in [0.717, 1.165) is 11.1 Å². The van der Waals surface area contributed by atoms with Crippen LogP contribution in [-0.4, -0.2) is 14.4 Å². The molecular weight excluding hydrogens is 350 g/mol. The summed E-state index contributed by atoms with van der Waals surface area (Å²) in [5.41, 5.74) is 3.55. The fourth-order valence-corrected chi connectivity index (χ4v) is 3.42. The van der Waals surface area contributed by atoms with Crippen LogP contribution in [0.3, 0.4) is 0 Å². The van der Waals surface area contributed by atoms with Crippen LogP contribution in [0.1, 0.15) is 0 Å². The summed E-state index contributed by atoms with van der Waals surface area (Å²) < 4.78 is 1.45. The van der Waals surface area contributed by atoms with E-state index in [-0.39, 0.29) is 11.0 Å². The van der Waals surface area contributed by atoms with Crippen molar-refractivity contribution in [2.24, 2.45) is 0 Å². The number of hydrogen-bond donors (Lipinski definition) is 1. The lowest BCUT2D eigenvalue weighted by atomic mass is 10.1. The first-order valence-electron chi connectivity index (χ1n) is 8.91. The molecule has 0 spiro atoms. The van der Waals surface area contributed by atoms with Crippen LogP contribution in [0.5, 0.6) is 0 Å². The summed E-state index contributed by atoms with van der Waals surface area (Å²) >= 11 is 0. The number of hydrogen-bond acceptors (Lipinski definition) is 3. The summed E-state index contributed by atoms with van der Waals surface area (Å²) in [5.74, 6) is 0. The molecule has 28 heavy (non-hydrogen) atoms. The number of aromatic amines is 1. The second-order valence-corrected chi connectivity index (χ2v) is 6.55. The smallest absolute Gasteiger partial charge is 0.260 e. The number of nitrogens with zero attached hydrogens (tertiary/aromatic N) is 2. The van der Waals surface area contributed by atoms with Crippen molar-refractivity contribution < 1.29 is 0 Å². The molecule has 0 saturated heterocycles. The minimum atomic E-state index is -0.240. The van der Waals surface area contributed by atoms with Gasteiger partial charge < -0.3 is 4.98 Å². The molecule has 5 nitrogen and oxygen atoms in total. The number of rotatable bonds is 2. The van der Waals surface area contributed by atoms with Crippen LogP contribution in [0, 0.1) is 0 Å². The number of nitrogens with one attached hydrogen (secondary N) is 1. The van der Waals surface area contributed by atoms with Crippen LogP contribution < -0.4 is 11.0 Å². The van der Waals surface area contributed by atoms with E-state index in [9.17, 15) is 9.59 Å². The molecule has 3 heterocycles. The normalized spacial score (nSPS) is 11.1. The molecule has 0 bridgehead atoms. The van der Waals surface area contributed by atoms with Crippen LogP contribution in [0.25, 0.3) is 39.2 Å². The standard InChI is InChI=1S/C23H15N3O2/c27-20-13-18(15-7-3-1-4-8-15)25-23-17(20)11-12-21-24-19(14-22(28)26(21)23)16-9-5-2-6-10-16/h1-14H,(H,25,27). The van der Waals surface area contributed by atoms with Crippen molar-refractivity contribution in [3.8, 4) is 22.5 Å². The van der Waals surface area contributed by atoms with Crippen molar-refractivity contribution in [1.82, 2.24) is 14.4 Å². The molecule has 5 aromatic rings. The van der Waals surface area contributed by atoms with Crippen LogP contribution in [0.4, 0.5) is 0 Å². The van der Waals surface area contributed by atoms with Crippen molar-refractivity contribution in [1.29, 1.82) is 0 Å². The van der Waals surface area contributed by atoms with Gasteiger partial charge in [0.25, 0.3) is 5.56 Å². The van der Waals surface area contributed by atoms with Gasteiger partial charge in [-0.3, -0.25) is 9.59 Å². The minimum absolute atomic E-state index is 0.145. The molecule has 0 aliphatic heterocycles. The maximum Gasteiger partial charge on any atom is 0.260 e. The molecular formula is C23H15N3O2. The fourth-order valence-electron chi connectivity index (χ4n) is 3.42. The summed E-state index contributed by atoms with van der Waals surface area (Å²) in [6, 6.07) is 25.6. The molecule has 0 atom stereocenters. The Morgan fingerprint density at radius 2 is 1.43 bits per heavy atom. The van der Waals surface area contributed by atoms with E-state index in [1.165, 1.54) is 10.5 Å². The number of H-pyrrole nitrogens is 1. The second-order valence-electron chi connectivity index (χ2n) is 6.55. The lowest BCUT2D eigenvalue weighted by molar-refractivity contribution is 1.06. The van der Waals surface area contributed by atoms with Gasteiger partial charge in [0, 0.05) is 17.7 Å². The second kappa shape index (κ2) is 6.32. The molecule has 3 aromatic heterocycles. The largest absolute Gasteiger partial charge is 0.340 e. The van der Waals surface area contributed by atoms with Crippen LogP contribution in [0.2, 0.25) is 0 Å². The molecule has 2 aromatic carbocycles. The molecule has 0 aliphatic rings. The molecule has 0 saturated carbocycles. The number of aromatic nitrogens is 3. The van der Waals surface area contributed by atoms with Gasteiger partial charge >= 0.3 is 0 Å². The van der Waals surface area contributed by atoms with Gasteiger partial charge in [-0.2, -0.15) is 0 Å². The number of benzene rings is 2. The Bertz CT molecular complexity index is 1440. The Labute approximate surface area is 159 Å². The zero-order chi connectivity index (χ0) is 19.1. The van der Waals surface area contributed by atoms with Crippen molar-refractivity contribution in [2.45, 2.75) is 0 Å². The van der Waals surface area contributed by atoms with Gasteiger partial charge in [-0.05, 0) is 17.7 Å². The zero-order valence-corrected chi connectivity index (χ0v) is 14.8. The van der Waals surface area contributed by atoms with Gasteiger partial charge in [0.15, 0.2) is 5.43 Å². The van der Waals surface area contributed by atoms with E-state index in [4.69, 9.17) is 0 Å². The van der Waals surface area contributed by atoms with Crippen LogP contribution in [0.15, 0.2) is 94.5 Å². The highest BCUT2D eigenvalue weighted by atomic mass is 16.1. The maximum atomic E-state index is 12.9. The first-order valence-corrected chi connectivity index (χ1v) is 8.91.